The van der Waals surface area contributed by atoms with Gasteiger partial charge in [0.25, 0.3) is 0 Å². The zero-order chi connectivity index (χ0) is 24.3. The number of halogens is 1. The van der Waals surface area contributed by atoms with E-state index in [0.29, 0.717) is 32.1 Å². The predicted octanol–water partition coefficient (Wildman–Crippen LogP) is 3.60. The van der Waals surface area contributed by atoms with Crippen LogP contribution in [-0.2, 0) is 19.1 Å². The van der Waals surface area contributed by atoms with Gasteiger partial charge < -0.3 is 14.9 Å². The Hall–Kier alpha value is -1.24. The molecule has 3 saturated carbocycles. The molecule has 0 heterocycles. The van der Waals surface area contributed by atoms with Gasteiger partial charge in [-0.25, -0.2) is 0 Å². The van der Waals surface area contributed by atoms with Crippen LogP contribution in [0.2, 0.25) is 0 Å². The van der Waals surface area contributed by atoms with Crippen LogP contribution < -0.4 is 0 Å². The van der Waals surface area contributed by atoms with Crippen molar-refractivity contribution in [2.24, 2.45) is 34.5 Å². The van der Waals surface area contributed by atoms with Crippen molar-refractivity contribution in [3.63, 3.8) is 0 Å². The number of esters is 1. The Morgan fingerprint density at radius 3 is 2.64 bits per heavy atom. The minimum atomic E-state index is -1.49. The Morgan fingerprint density at radius 2 is 2.00 bits per heavy atom. The van der Waals surface area contributed by atoms with Gasteiger partial charge in [0.15, 0.2) is 11.4 Å². The number of fused-ring (bicyclic) bond motifs is 5. The van der Waals surface area contributed by atoms with Crippen LogP contribution in [-0.4, -0.2) is 51.4 Å². The molecule has 3 fully saturated rings. The van der Waals surface area contributed by atoms with E-state index in [-0.39, 0.29) is 53.1 Å². The van der Waals surface area contributed by atoms with Crippen molar-refractivity contribution < 1.29 is 29.3 Å². The van der Waals surface area contributed by atoms with E-state index in [1.807, 2.05) is 20.8 Å². The summed E-state index contributed by atoms with van der Waals surface area (Å²) in [6.45, 7) is 7.15. The summed E-state index contributed by atoms with van der Waals surface area (Å²) in [4.78, 5) is 38.2. The van der Waals surface area contributed by atoms with E-state index in [1.54, 1.807) is 6.08 Å². The number of ether oxygens (including phenoxy) is 1. The Labute approximate surface area is 201 Å². The fourth-order valence-corrected chi connectivity index (χ4v) is 8.84. The molecule has 0 amide bonds. The van der Waals surface area contributed by atoms with Crippen LogP contribution in [0.3, 0.4) is 0 Å². The number of Topliss-reactive ketones (excluding diaryl/α,β-unsaturated/α-hetero) is 1. The second kappa shape index (κ2) is 8.46. The molecular weight excluding hydrogens is 444 g/mol. The number of carbonyl (C=O) groups excluding carboxylic acids is 3. The van der Waals surface area contributed by atoms with E-state index < -0.39 is 35.5 Å². The number of allylic oxidation sites excluding steroid dienone is 1. The first-order valence-corrected chi connectivity index (χ1v) is 12.8. The molecule has 0 unspecified atom stereocenters. The molecule has 33 heavy (non-hydrogen) atoms. The third-order valence-electron chi connectivity index (χ3n) is 9.71. The van der Waals surface area contributed by atoms with Crippen molar-refractivity contribution in [2.75, 3.05) is 6.61 Å². The summed E-state index contributed by atoms with van der Waals surface area (Å²) in [5.41, 5.74) is -1.62. The Balaban J connectivity index is 1.81. The van der Waals surface area contributed by atoms with Gasteiger partial charge in [-0.05, 0) is 61.3 Å². The topological polar surface area (TPSA) is 101 Å². The first-order valence-electron chi connectivity index (χ1n) is 12.4. The summed E-state index contributed by atoms with van der Waals surface area (Å²) in [5, 5.41) is 21.3. The van der Waals surface area contributed by atoms with E-state index >= 15 is 0 Å². The lowest BCUT2D eigenvalue weighted by atomic mass is 9.45. The molecule has 184 valence electrons. The summed E-state index contributed by atoms with van der Waals surface area (Å²) in [6, 6.07) is 0. The molecule has 0 saturated heterocycles. The maximum Gasteiger partial charge on any atom is 0.306 e. The van der Waals surface area contributed by atoms with Gasteiger partial charge in [0, 0.05) is 29.6 Å². The van der Waals surface area contributed by atoms with E-state index in [9.17, 15) is 24.6 Å². The highest BCUT2D eigenvalue weighted by atomic mass is 35.5. The summed E-state index contributed by atoms with van der Waals surface area (Å²) in [5.74, 6) is -1.40. The van der Waals surface area contributed by atoms with Gasteiger partial charge in [0.2, 0.25) is 5.78 Å². The molecule has 0 spiro atoms. The van der Waals surface area contributed by atoms with Crippen molar-refractivity contribution in [2.45, 2.75) is 89.7 Å². The fraction of sp³-hybridized carbons (Fsp3) is 0.808. The van der Waals surface area contributed by atoms with Crippen LogP contribution in [0.4, 0.5) is 0 Å². The number of aliphatic hydroxyl groups is 2. The molecule has 0 aromatic rings. The Morgan fingerprint density at radius 1 is 1.30 bits per heavy atom. The number of rotatable bonds is 5. The first kappa shape index (κ1) is 24.9. The SMILES string of the molecule is CCCC(=O)O[C@@]1(C(=O)CO)[C@H](C)C[C@H]2[C@H]3[C@H]([C@@H](O)C[C@@]21C)[C@@]1(C)CCC(=O)C=C1C[C@H]3Cl. The van der Waals surface area contributed by atoms with Crippen LogP contribution in [0.5, 0.6) is 0 Å². The third-order valence-corrected chi connectivity index (χ3v) is 10.2. The lowest BCUT2D eigenvalue weighted by Gasteiger charge is -2.61. The van der Waals surface area contributed by atoms with Gasteiger partial charge in [0.1, 0.15) is 6.61 Å². The number of alkyl halides is 1. The van der Waals surface area contributed by atoms with E-state index in [4.69, 9.17) is 16.3 Å². The normalized spacial score (nSPS) is 46.6. The van der Waals surface area contributed by atoms with Crippen molar-refractivity contribution >= 4 is 29.1 Å². The van der Waals surface area contributed by atoms with Crippen molar-refractivity contribution in [3.8, 4) is 0 Å². The molecule has 0 bridgehead atoms. The smallest absolute Gasteiger partial charge is 0.306 e. The zero-order valence-corrected chi connectivity index (χ0v) is 20.9. The van der Waals surface area contributed by atoms with Crippen molar-refractivity contribution in [3.05, 3.63) is 11.6 Å². The molecule has 6 nitrogen and oxygen atoms in total. The Bertz CT molecular complexity index is 884. The van der Waals surface area contributed by atoms with Gasteiger partial charge in [-0.3, -0.25) is 14.4 Å². The Kier molecular flexibility index (Phi) is 6.37. The summed E-state index contributed by atoms with van der Waals surface area (Å²) in [7, 11) is 0. The molecule has 7 heteroatoms. The average molecular weight is 481 g/mol. The van der Waals surface area contributed by atoms with Crippen LogP contribution in [0, 0.1) is 34.5 Å². The van der Waals surface area contributed by atoms with Crippen molar-refractivity contribution in [1.82, 2.24) is 0 Å². The second-order valence-corrected chi connectivity index (χ2v) is 11.9. The molecule has 0 radical (unpaired) electrons. The molecule has 2 N–H and O–H groups in total. The zero-order valence-electron chi connectivity index (χ0n) is 20.1. The van der Waals surface area contributed by atoms with Crippen LogP contribution in [0.1, 0.15) is 72.6 Å². The molecule has 0 aromatic carbocycles. The monoisotopic (exact) mass is 480 g/mol. The number of hydrogen-bond acceptors (Lipinski definition) is 6. The predicted molar refractivity (Wildman–Crippen MR) is 123 cm³/mol. The van der Waals surface area contributed by atoms with E-state index in [0.717, 1.165) is 5.57 Å². The maximum atomic E-state index is 13.3. The molecule has 4 rings (SSSR count). The molecule has 0 aromatic heterocycles. The van der Waals surface area contributed by atoms with Gasteiger partial charge in [-0.15, -0.1) is 11.6 Å². The van der Waals surface area contributed by atoms with Gasteiger partial charge in [0.05, 0.1) is 6.10 Å². The van der Waals surface area contributed by atoms with E-state index in [2.05, 4.69) is 6.92 Å². The maximum absolute atomic E-state index is 13.3. The highest BCUT2D eigenvalue weighted by molar-refractivity contribution is 6.21. The molecule has 4 aliphatic carbocycles. The van der Waals surface area contributed by atoms with Gasteiger partial charge >= 0.3 is 5.97 Å². The minimum absolute atomic E-state index is 0.0515. The second-order valence-electron chi connectivity index (χ2n) is 11.3. The average Bonchev–Trinajstić information content (AvgIpc) is 2.96. The van der Waals surface area contributed by atoms with Crippen LogP contribution >= 0.6 is 11.6 Å². The standard InChI is InChI=1S/C26H37ClO6/c1-5-6-21(32)33-26(20(31)13-28)14(2)9-17-22-18(27)11-15-10-16(29)7-8-24(15,3)23(22)19(30)12-25(17,26)4/h10,14,17-19,22-23,28,30H,5-9,11-13H2,1-4H3/t14-,17+,18-,19+,22-,23+,24+,25+,26-/m1/s1. The number of ketones is 2. The summed E-state index contributed by atoms with van der Waals surface area (Å²) >= 11 is 7.02. The molecular formula is C26H37ClO6. The minimum Gasteiger partial charge on any atom is -0.450 e. The first-order chi connectivity index (χ1) is 15.5. The quantitative estimate of drug-likeness (QED) is 0.460. The molecule has 0 aliphatic heterocycles. The molecule has 4 aliphatic rings. The number of aliphatic hydroxyl groups excluding tert-OH is 2. The summed E-state index contributed by atoms with van der Waals surface area (Å²) in [6.07, 6.45) is 4.41. The van der Waals surface area contributed by atoms with Crippen LogP contribution in [0.15, 0.2) is 11.6 Å². The lowest BCUT2D eigenvalue weighted by molar-refractivity contribution is -0.206. The largest absolute Gasteiger partial charge is 0.450 e. The van der Waals surface area contributed by atoms with Crippen molar-refractivity contribution in [1.29, 1.82) is 0 Å². The number of carbonyl (C=O) groups is 3. The third kappa shape index (κ3) is 3.38. The fourth-order valence-electron chi connectivity index (χ4n) is 8.34. The highest BCUT2D eigenvalue weighted by Crippen LogP contribution is 2.70. The summed E-state index contributed by atoms with van der Waals surface area (Å²) < 4.78 is 6.03. The van der Waals surface area contributed by atoms with Gasteiger partial charge in [-0.2, -0.15) is 0 Å². The number of hydrogen-bond donors (Lipinski definition) is 2. The van der Waals surface area contributed by atoms with Crippen LogP contribution in [0.25, 0.3) is 0 Å². The lowest BCUT2D eigenvalue weighted by Crippen LogP contribution is -2.65. The van der Waals surface area contributed by atoms with E-state index in [1.165, 1.54) is 0 Å². The van der Waals surface area contributed by atoms with Gasteiger partial charge in [-0.1, -0.05) is 33.3 Å². The molecule has 9 atom stereocenters. The highest BCUT2D eigenvalue weighted by Gasteiger charge is 2.73.